The molecular formula is C85H103F3N4O24SSi2. The van der Waals surface area contributed by atoms with Gasteiger partial charge in [0.15, 0.2) is 11.5 Å². The van der Waals surface area contributed by atoms with E-state index < -0.39 is 116 Å². The van der Waals surface area contributed by atoms with Crippen LogP contribution in [0.15, 0.2) is 170 Å². The third-order valence-corrected chi connectivity index (χ3v) is 30.7. The van der Waals surface area contributed by atoms with Crippen LogP contribution in [0.2, 0.25) is 33.2 Å². The minimum Gasteiger partial charge on any atom is -0.543 e. The highest BCUT2D eigenvalue weighted by Gasteiger charge is 2.50. The minimum atomic E-state index is -6.11. The summed E-state index contributed by atoms with van der Waals surface area (Å²) in [5, 5.41) is 86.1. The molecule has 8 rings (SSSR count). The first kappa shape index (κ1) is 104. The number of esters is 2. The lowest BCUT2D eigenvalue weighted by atomic mass is 10.1. The number of unbranched alkanes of at least 4 members (excludes halogenated alkanes) is 2. The molecule has 0 unspecified atom stereocenters. The molecule has 0 aliphatic rings. The average molecular weight is 1710 g/mol. The molecule has 8 aromatic rings. The maximum absolute atomic E-state index is 12.2. The largest absolute Gasteiger partial charge is 0.543 e. The Morgan fingerprint density at radius 1 is 0.454 bits per heavy atom. The molecule has 0 aromatic heterocycles. The number of aromatic carboxylic acids is 2. The summed E-state index contributed by atoms with van der Waals surface area (Å²) in [6, 6.07) is 42.6. The summed E-state index contributed by atoms with van der Waals surface area (Å²) in [7, 11) is -7.74. The smallest absolute Gasteiger partial charge is 0.534 e. The fraction of sp³-hybridized carbons (Fsp3) is 0.341. The Bertz CT molecular complexity index is 4790. The molecule has 5 N–H and O–H groups in total. The first-order chi connectivity index (χ1) is 55.4. The molecule has 8 aromatic carbocycles. The van der Waals surface area contributed by atoms with E-state index in [0.717, 1.165) is 66.6 Å². The zero-order chi connectivity index (χ0) is 91.2. The van der Waals surface area contributed by atoms with Crippen LogP contribution < -0.4 is 13.0 Å². The number of alkyl halides is 3. The van der Waals surface area contributed by atoms with Crippen molar-refractivity contribution < 1.29 is 109 Å². The van der Waals surface area contributed by atoms with Crippen molar-refractivity contribution in [3.63, 3.8) is 0 Å². The normalized spacial score (nSPS) is 10.7. The van der Waals surface area contributed by atoms with Crippen molar-refractivity contribution >= 4 is 73.4 Å². The highest BCUT2D eigenvalue weighted by Crippen LogP contribution is 2.45. The monoisotopic (exact) mass is 1710 g/mol. The van der Waals surface area contributed by atoms with Crippen LogP contribution in [0, 0.1) is 85.4 Å². The summed E-state index contributed by atoms with van der Waals surface area (Å²) in [4.78, 5) is 82.8. The molecule has 642 valence electrons. The predicted octanol–water partition coefficient (Wildman–Crippen LogP) is 21.4. The van der Waals surface area contributed by atoms with Crippen LogP contribution in [-0.4, -0.2) is 114 Å². The van der Waals surface area contributed by atoms with Gasteiger partial charge in [0, 0.05) is 53.6 Å². The maximum atomic E-state index is 12.2. The number of carbonyl (C=O) groups is 4. The van der Waals surface area contributed by atoms with Crippen LogP contribution in [0.4, 0.5) is 35.9 Å². The molecule has 0 aliphatic heterocycles. The third kappa shape index (κ3) is 33.1. The van der Waals surface area contributed by atoms with Gasteiger partial charge in [-0.25, -0.2) is 19.2 Å². The first-order valence-electron chi connectivity index (χ1n) is 36.9. The Hall–Kier alpha value is -12.7. The van der Waals surface area contributed by atoms with E-state index in [1.54, 1.807) is 12.1 Å². The van der Waals surface area contributed by atoms with Crippen molar-refractivity contribution in [2.75, 3.05) is 14.2 Å². The number of aryl methyl sites for hydroxylation is 3. The van der Waals surface area contributed by atoms with Crippen molar-refractivity contribution in [2.45, 2.75) is 176 Å². The van der Waals surface area contributed by atoms with Gasteiger partial charge in [0.05, 0.1) is 56.2 Å². The Balaban J connectivity index is 0.000000718. The molecule has 0 aliphatic carbocycles. The van der Waals surface area contributed by atoms with Crippen molar-refractivity contribution in [3.8, 4) is 58.7 Å². The highest BCUT2D eigenvalue weighted by molar-refractivity contribution is 7.88. The van der Waals surface area contributed by atoms with Gasteiger partial charge in [-0.05, 0) is 145 Å². The first-order valence-corrected chi connectivity index (χ1v) is 42.6. The summed E-state index contributed by atoms with van der Waals surface area (Å²) < 4.78 is 84.2. The van der Waals surface area contributed by atoms with Crippen molar-refractivity contribution in [1.82, 2.24) is 0 Å². The Labute approximate surface area is 693 Å². The van der Waals surface area contributed by atoms with Crippen molar-refractivity contribution in [1.29, 1.82) is 0 Å². The summed E-state index contributed by atoms with van der Waals surface area (Å²) in [5.41, 5.74) is 0.149. The fourth-order valence-corrected chi connectivity index (χ4v) is 22.8. The Morgan fingerprint density at radius 2 is 0.765 bits per heavy atom. The summed E-state index contributed by atoms with van der Waals surface area (Å²) in [6.45, 7) is 37.9. The molecule has 28 nitrogen and oxygen atoms in total. The molecule has 0 saturated heterocycles. The third-order valence-electron chi connectivity index (χ3n) is 17.7. The molecule has 0 saturated carbocycles. The number of ether oxygens (including phenoxy) is 2. The van der Waals surface area contributed by atoms with E-state index >= 15 is 0 Å². The number of hydrogen-bond acceptors (Lipinski definition) is 22. The van der Waals surface area contributed by atoms with E-state index in [0.29, 0.717) is 56.7 Å². The van der Waals surface area contributed by atoms with Crippen LogP contribution in [-0.2, 0) is 19.6 Å². The molecular weight excluding hydrogens is 1610 g/mol. The van der Waals surface area contributed by atoms with Crippen LogP contribution in [0.5, 0.6) is 34.5 Å². The average Bonchev–Trinajstić information content (AvgIpc) is 0.798. The fourth-order valence-electron chi connectivity index (χ4n) is 11.8. The topological polar surface area (TPSA) is 422 Å². The van der Waals surface area contributed by atoms with Gasteiger partial charge < -0.3 is 48.0 Å². The second-order valence-corrected chi connectivity index (χ2v) is 40.3. The second-order valence-electron chi connectivity index (χ2n) is 28.1. The molecule has 0 bridgehead atoms. The molecule has 0 radical (unpaired) electrons. The molecule has 0 amide bonds. The van der Waals surface area contributed by atoms with Gasteiger partial charge in [-0.2, -0.15) is 21.6 Å². The highest BCUT2D eigenvalue weighted by atomic mass is 32.2. The molecule has 119 heavy (non-hydrogen) atoms. The number of benzene rings is 8. The van der Waals surface area contributed by atoms with Gasteiger partial charge in [0.1, 0.15) is 22.8 Å². The van der Waals surface area contributed by atoms with Crippen LogP contribution >= 0.6 is 0 Å². The molecule has 0 fully saturated rings. The van der Waals surface area contributed by atoms with E-state index in [4.69, 9.17) is 40.8 Å². The summed E-state index contributed by atoms with van der Waals surface area (Å²) in [6.07, 6.45) is 9.23. The van der Waals surface area contributed by atoms with Crippen LogP contribution in [0.1, 0.15) is 191 Å². The number of phenols is 3. The van der Waals surface area contributed by atoms with Crippen LogP contribution in [0.3, 0.4) is 0 Å². The number of phenolic OH excluding ortho intramolecular Hbond substituents is 3. The number of nitrogens with zero attached hydrogens (tertiary/aromatic N) is 4. The number of aromatic hydroxyl groups is 3. The molecule has 34 heteroatoms. The number of methoxy groups -OCH3 is 2. The Kier molecular flexibility index (Phi) is 43.3. The summed E-state index contributed by atoms with van der Waals surface area (Å²) in [5.74, 6) is 3.86. The number of nitro benzene ring substituents is 4. The number of rotatable bonds is 22. The SMILES string of the molecule is C#Cc1ccc(C)cc1.CCCCC.COC(=O)c1ccc([N+](=O)[O-])c(C#Cc2ccc(O[Si](C(C)C)(C(C)C)C(C)C)cc2)c1.COC(=O)c1ccc([N+](=O)[O-])c(OS(=O)(=O)C(F)(F)F)c1.Cc1ccc(O)cc1.Cc1ccc(O[Si](C(C)C)(C(C)C)C(C)C)cc1.O=C(O)c1ccc([N+](=O)[O-])c(O)c1.O=C(O)c1ccc([N+](=O)[O-])c(O)c1. The van der Waals surface area contributed by atoms with Gasteiger partial charge >= 0.3 is 56.6 Å². The Morgan fingerprint density at radius 3 is 1.06 bits per heavy atom. The number of carboxylic acid groups (broad SMARTS) is 2. The van der Waals surface area contributed by atoms with Crippen molar-refractivity contribution in [3.05, 3.63) is 266 Å². The van der Waals surface area contributed by atoms with Gasteiger partial charge in [-0.15, -0.1) is 6.42 Å². The number of carboxylic acids is 2. The van der Waals surface area contributed by atoms with E-state index in [9.17, 15) is 81.2 Å². The number of terminal acetylenes is 1. The predicted molar refractivity (Wildman–Crippen MR) is 452 cm³/mol. The van der Waals surface area contributed by atoms with Crippen LogP contribution in [0.25, 0.3) is 0 Å². The van der Waals surface area contributed by atoms with Crippen molar-refractivity contribution in [2.24, 2.45) is 0 Å². The number of halogens is 3. The lowest BCUT2D eigenvalue weighted by Gasteiger charge is -2.42. The maximum Gasteiger partial charge on any atom is 0.534 e. The standard InChI is InChI=1S/C25H31NO5Si.C16H28OSi.C9H6F3NO7S.C9H8.2C7H5NO5.C7H8O.C5H12/c1-17(2)32(18(3)4,19(5)6)31-23-13-9-20(10-14-23)8-11-21-16-22(25(27)30-7)12-15-24(21)26(28)29;1-12(2)18(13(3)4,14(5)6)17-16-10-8-15(7)9-11-16;1-19-8(14)5-2-3-6(13(15)16)7(4-5)20-21(17,18)9(10,11)12;1-3-9-6-4-8(2)5-7-9;2*9-6-3-4(7(10)11)1-2-5(6)8(12)13;1-6-2-4-7(8)5-3-6;1-3-5-4-2/h9-10,12-19H,1-7H3;8-14H,1-7H3;2-4H,1H3;1,4-7H,2H3;2*1-3,9H,(H,10,11);2-5,8H,1H3;3-5H2,1-2H3. The summed E-state index contributed by atoms with van der Waals surface area (Å²) >= 11 is 0. The number of nitro groups is 4. The van der Waals surface area contributed by atoms with Gasteiger partial charge in [-0.3, -0.25) is 40.5 Å². The van der Waals surface area contributed by atoms with Gasteiger partial charge in [0.25, 0.3) is 22.3 Å². The number of carbonyl (C=O) groups excluding carboxylic acids is 2. The van der Waals surface area contributed by atoms with E-state index in [2.05, 4.69) is 160 Å². The van der Waals surface area contributed by atoms with Gasteiger partial charge in [-0.1, -0.05) is 187 Å². The molecule has 0 spiro atoms. The van der Waals surface area contributed by atoms with E-state index in [1.165, 1.54) is 61.3 Å². The zero-order valence-corrected chi connectivity index (χ0v) is 72.5. The number of hydrogen-bond donors (Lipinski definition) is 5. The lowest BCUT2D eigenvalue weighted by Crippen LogP contribution is -2.50. The minimum absolute atomic E-state index is 0.157. The zero-order valence-electron chi connectivity index (χ0n) is 69.7. The van der Waals surface area contributed by atoms with E-state index in [-0.39, 0.29) is 27.9 Å². The second kappa shape index (κ2) is 49.4. The molecule has 0 atom stereocenters. The lowest BCUT2D eigenvalue weighted by molar-refractivity contribution is -0.386. The van der Waals surface area contributed by atoms with Gasteiger partial charge in [0.2, 0.25) is 5.75 Å². The van der Waals surface area contributed by atoms with E-state index in [1.807, 2.05) is 74.5 Å². The molecule has 0 heterocycles. The quantitative estimate of drug-likeness (QED) is 0.00800.